The molecule has 1 heterocycles. The molecular formula is C14H28N2. The van der Waals surface area contributed by atoms with Gasteiger partial charge in [0, 0.05) is 12.6 Å². The van der Waals surface area contributed by atoms with Gasteiger partial charge in [-0.1, -0.05) is 26.2 Å². The molecule has 0 aromatic carbocycles. The molecular weight excluding hydrogens is 196 g/mol. The van der Waals surface area contributed by atoms with Gasteiger partial charge in [0.05, 0.1) is 0 Å². The van der Waals surface area contributed by atoms with Gasteiger partial charge in [-0.2, -0.15) is 0 Å². The zero-order chi connectivity index (χ0) is 11.4. The molecule has 2 fully saturated rings. The smallest absolute Gasteiger partial charge is 0.00933 e. The van der Waals surface area contributed by atoms with E-state index >= 15 is 0 Å². The highest BCUT2D eigenvalue weighted by Gasteiger charge is 2.35. The fourth-order valence-corrected chi connectivity index (χ4v) is 3.73. The Labute approximate surface area is 101 Å². The number of nitrogens with zero attached hydrogens (tertiary/aromatic N) is 1. The van der Waals surface area contributed by atoms with Gasteiger partial charge in [0.15, 0.2) is 0 Å². The molecule has 0 radical (unpaired) electrons. The summed E-state index contributed by atoms with van der Waals surface area (Å²) in [6, 6.07) is 0.852. The van der Waals surface area contributed by atoms with Gasteiger partial charge in [-0.05, 0) is 50.6 Å². The van der Waals surface area contributed by atoms with E-state index in [9.17, 15) is 0 Å². The van der Waals surface area contributed by atoms with E-state index in [0.29, 0.717) is 5.41 Å². The Hall–Kier alpha value is -0.0800. The minimum absolute atomic E-state index is 0.468. The Morgan fingerprint density at radius 1 is 1.19 bits per heavy atom. The van der Waals surface area contributed by atoms with Crippen LogP contribution in [0.2, 0.25) is 0 Å². The van der Waals surface area contributed by atoms with Crippen LogP contribution in [0.5, 0.6) is 0 Å². The summed E-state index contributed by atoms with van der Waals surface area (Å²) in [5, 5.41) is 0. The molecule has 16 heavy (non-hydrogen) atoms. The summed E-state index contributed by atoms with van der Waals surface area (Å²) in [6.45, 7) is 5.83. The molecule has 1 saturated carbocycles. The fraction of sp³-hybridized carbons (Fsp3) is 1.00. The molecule has 2 aliphatic rings. The van der Waals surface area contributed by atoms with Gasteiger partial charge in [-0.3, -0.25) is 4.90 Å². The molecule has 0 amide bonds. The second-order valence-electron chi connectivity index (χ2n) is 5.94. The van der Waals surface area contributed by atoms with Crippen LogP contribution in [-0.4, -0.2) is 30.6 Å². The van der Waals surface area contributed by atoms with Gasteiger partial charge >= 0.3 is 0 Å². The quantitative estimate of drug-likeness (QED) is 0.795. The highest BCUT2D eigenvalue weighted by atomic mass is 15.2. The first-order valence-electron chi connectivity index (χ1n) is 7.24. The molecule has 0 aromatic rings. The second-order valence-corrected chi connectivity index (χ2v) is 5.94. The van der Waals surface area contributed by atoms with Gasteiger partial charge in [0.25, 0.3) is 0 Å². The molecule has 0 bridgehead atoms. The number of hydrogen-bond acceptors (Lipinski definition) is 2. The molecule has 2 N–H and O–H groups in total. The largest absolute Gasteiger partial charge is 0.330 e. The lowest BCUT2D eigenvalue weighted by Gasteiger charge is -2.41. The van der Waals surface area contributed by atoms with E-state index in [0.717, 1.165) is 12.6 Å². The highest BCUT2D eigenvalue weighted by Crippen LogP contribution is 2.37. The summed E-state index contributed by atoms with van der Waals surface area (Å²) in [5.74, 6) is 0. The third kappa shape index (κ3) is 2.60. The average molecular weight is 224 g/mol. The summed E-state index contributed by atoms with van der Waals surface area (Å²) in [7, 11) is 0. The monoisotopic (exact) mass is 224 g/mol. The summed E-state index contributed by atoms with van der Waals surface area (Å²) in [6.07, 6.45) is 11.1. The Balaban J connectivity index is 1.94. The van der Waals surface area contributed by atoms with Crippen LogP contribution in [0.3, 0.4) is 0 Å². The third-order valence-electron chi connectivity index (χ3n) is 4.86. The van der Waals surface area contributed by atoms with E-state index in [1.54, 1.807) is 0 Å². The van der Waals surface area contributed by atoms with Crippen LogP contribution in [0, 0.1) is 5.41 Å². The van der Waals surface area contributed by atoms with Crippen molar-refractivity contribution in [2.24, 2.45) is 11.1 Å². The van der Waals surface area contributed by atoms with Crippen LogP contribution >= 0.6 is 0 Å². The SMILES string of the molecule is CCC1CCCN1CC1(CN)CCCCC1. The number of rotatable bonds is 4. The van der Waals surface area contributed by atoms with Crippen LogP contribution < -0.4 is 5.73 Å². The summed E-state index contributed by atoms with van der Waals surface area (Å²) < 4.78 is 0. The molecule has 1 aliphatic heterocycles. The van der Waals surface area contributed by atoms with Gasteiger partial charge < -0.3 is 5.73 Å². The topological polar surface area (TPSA) is 29.3 Å². The average Bonchev–Trinajstić information content (AvgIpc) is 2.77. The van der Waals surface area contributed by atoms with Crippen molar-refractivity contribution in [2.45, 2.75) is 64.3 Å². The van der Waals surface area contributed by atoms with Crippen LogP contribution in [0.15, 0.2) is 0 Å². The predicted molar refractivity (Wildman–Crippen MR) is 69.5 cm³/mol. The predicted octanol–water partition coefficient (Wildman–Crippen LogP) is 2.77. The van der Waals surface area contributed by atoms with Gasteiger partial charge in [-0.25, -0.2) is 0 Å². The molecule has 94 valence electrons. The van der Waals surface area contributed by atoms with Crippen molar-refractivity contribution in [3.8, 4) is 0 Å². The second kappa shape index (κ2) is 5.50. The number of nitrogens with two attached hydrogens (primary N) is 1. The molecule has 1 aliphatic carbocycles. The van der Waals surface area contributed by atoms with E-state index in [2.05, 4.69) is 11.8 Å². The zero-order valence-corrected chi connectivity index (χ0v) is 10.9. The summed E-state index contributed by atoms with van der Waals surface area (Å²) >= 11 is 0. The lowest BCUT2D eigenvalue weighted by Crippen LogP contribution is -2.45. The number of likely N-dealkylation sites (tertiary alicyclic amines) is 1. The Kier molecular flexibility index (Phi) is 4.26. The van der Waals surface area contributed by atoms with E-state index in [4.69, 9.17) is 5.73 Å². The van der Waals surface area contributed by atoms with Crippen molar-refractivity contribution in [1.82, 2.24) is 4.90 Å². The number of hydrogen-bond donors (Lipinski definition) is 1. The normalized spacial score (nSPS) is 30.8. The fourth-order valence-electron chi connectivity index (χ4n) is 3.73. The molecule has 2 heteroatoms. The molecule has 2 rings (SSSR count). The van der Waals surface area contributed by atoms with Crippen LogP contribution in [0.4, 0.5) is 0 Å². The van der Waals surface area contributed by atoms with Crippen molar-refractivity contribution < 1.29 is 0 Å². The van der Waals surface area contributed by atoms with Crippen molar-refractivity contribution in [2.75, 3.05) is 19.6 Å². The zero-order valence-electron chi connectivity index (χ0n) is 10.9. The molecule has 1 saturated heterocycles. The minimum atomic E-state index is 0.468. The Morgan fingerprint density at radius 2 is 1.94 bits per heavy atom. The maximum Gasteiger partial charge on any atom is 0.00933 e. The van der Waals surface area contributed by atoms with Gasteiger partial charge in [-0.15, -0.1) is 0 Å². The lowest BCUT2D eigenvalue weighted by molar-refractivity contribution is 0.102. The van der Waals surface area contributed by atoms with Crippen LogP contribution in [-0.2, 0) is 0 Å². The third-order valence-corrected chi connectivity index (χ3v) is 4.86. The highest BCUT2D eigenvalue weighted by molar-refractivity contribution is 4.90. The van der Waals surface area contributed by atoms with E-state index in [-0.39, 0.29) is 0 Å². The minimum Gasteiger partial charge on any atom is -0.330 e. The van der Waals surface area contributed by atoms with Crippen molar-refractivity contribution in [1.29, 1.82) is 0 Å². The summed E-state index contributed by atoms with van der Waals surface area (Å²) in [4.78, 5) is 2.73. The Bertz CT molecular complexity index is 209. The maximum absolute atomic E-state index is 6.08. The van der Waals surface area contributed by atoms with E-state index < -0.39 is 0 Å². The van der Waals surface area contributed by atoms with E-state index in [1.807, 2.05) is 0 Å². The molecule has 2 nitrogen and oxygen atoms in total. The van der Waals surface area contributed by atoms with Crippen LogP contribution in [0.25, 0.3) is 0 Å². The molecule has 1 atom stereocenters. The first-order chi connectivity index (χ1) is 7.79. The molecule has 0 spiro atoms. The van der Waals surface area contributed by atoms with E-state index in [1.165, 1.54) is 64.5 Å². The first kappa shape index (κ1) is 12.4. The first-order valence-corrected chi connectivity index (χ1v) is 7.24. The standard InChI is InChI=1S/C14H28N2/c1-2-13-7-6-10-16(13)12-14(11-15)8-4-3-5-9-14/h13H,2-12,15H2,1H3. The Morgan fingerprint density at radius 3 is 2.56 bits per heavy atom. The van der Waals surface area contributed by atoms with Crippen molar-refractivity contribution in [3.63, 3.8) is 0 Å². The van der Waals surface area contributed by atoms with Gasteiger partial charge in [0.1, 0.15) is 0 Å². The molecule has 1 unspecified atom stereocenters. The van der Waals surface area contributed by atoms with Crippen molar-refractivity contribution in [3.05, 3.63) is 0 Å². The van der Waals surface area contributed by atoms with Crippen LogP contribution in [0.1, 0.15) is 58.3 Å². The van der Waals surface area contributed by atoms with Crippen molar-refractivity contribution >= 4 is 0 Å². The summed E-state index contributed by atoms with van der Waals surface area (Å²) in [5.41, 5.74) is 6.54. The molecule has 0 aromatic heterocycles. The lowest BCUT2D eigenvalue weighted by atomic mass is 9.73. The van der Waals surface area contributed by atoms with Gasteiger partial charge in [0.2, 0.25) is 0 Å². The maximum atomic E-state index is 6.08.